The molecule has 0 spiro atoms. The highest BCUT2D eigenvalue weighted by atomic mass is 16.5. The van der Waals surface area contributed by atoms with E-state index in [0.29, 0.717) is 16.8 Å². The Balaban J connectivity index is 1.64. The molecule has 1 unspecified atom stereocenters. The maximum Gasteiger partial charge on any atom is 0.249 e. The molecular formula is C31H35N5O3. The van der Waals surface area contributed by atoms with Crippen molar-refractivity contribution in [2.24, 2.45) is 0 Å². The molecule has 8 nitrogen and oxygen atoms in total. The number of nitrogens with one attached hydrogen (secondary N) is 1. The number of aromatic nitrogens is 3. The molecule has 202 valence electrons. The molecule has 0 aliphatic heterocycles. The topological polar surface area (TPSA) is 89.4 Å². The molecule has 1 heterocycles. The lowest BCUT2D eigenvalue weighted by Crippen LogP contribution is -2.47. The number of carbonyl (C=O) groups excluding carboxylic acids is 2. The molecule has 1 aromatic heterocycles. The van der Waals surface area contributed by atoms with Crippen LogP contribution < -0.4 is 15.0 Å². The van der Waals surface area contributed by atoms with E-state index in [0.717, 1.165) is 53.6 Å². The average molecular weight is 526 g/mol. The first-order valence-corrected chi connectivity index (χ1v) is 13.5. The number of rotatable bonds is 8. The summed E-state index contributed by atoms with van der Waals surface area (Å²) in [6, 6.07) is 18.2. The number of nitrogens with zero attached hydrogens (tertiary/aromatic N) is 4. The van der Waals surface area contributed by atoms with Crippen LogP contribution in [0.25, 0.3) is 11.0 Å². The van der Waals surface area contributed by atoms with Gasteiger partial charge >= 0.3 is 0 Å². The van der Waals surface area contributed by atoms with Gasteiger partial charge in [0.2, 0.25) is 11.8 Å². The first-order valence-electron chi connectivity index (χ1n) is 13.5. The number of amides is 2. The van der Waals surface area contributed by atoms with Crippen molar-refractivity contribution in [2.45, 2.75) is 65.1 Å². The molecule has 1 atom stereocenters. The molecule has 4 aromatic rings. The number of hydrogen-bond acceptors (Lipinski definition) is 5. The zero-order valence-corrected chi connectivity index (χ0v) is 23.0. The van der Waals surface area contributed by atoms with Crippen molar-refractivity contribution < 1.29 is 14.3 Å². The van der Waals surface area contributed by atoms with Gasteiger partial charge in [-0.3, -0.25) is 14.5 Å². The summed E-state index contributed by atoms with van der Waals surface area (Å²) in [6.45, 7) is 5.93. The minimum Gasteiger partial charge on any atom is -0.497 e. The van der Waals surface area contributed by atoms with Gasteiger partial charge in [0.25, 0.3) is 0 Å². The van der Waals surface area contributed by atoms with Crippen molar-refractivity contribution >= 4 is 28.5 Å². The van der Waals surface area contributed by atoms with Gasteiger partial charge in [-0.15, -0.1) is 5.10 Å². The maximum absolute atomic E-state index is 14.4. The van der Waals surface area contributed by atoms with Crippen molar-refractivity contribution in [1.82, 2.24) is 20.3 Å². The summed E-state index contributed by atoms with van der Waals surface area (Å²) >= 11 is 0. The summed E-state index contributed by atoms with van der Waals surface area (Å²) < 4.78 is 7.10. The molecule has 3 aromatic carbocycles. The average Bonchev–Trinajstić information content (AvgIpc) is 3.58. The minimum absolute atomic E-state index is 0.0650. The first-order chi connectivity index (χ1) is 18.9. The first kappa shape index (κ1) is 26.4. The normalized spacial score (nSPS) is 14.4. The van der Waals surface area contributed by atoms with Gasteiger partial charge in [0.1, 0.15) is 23.9 Å². The molecular weight excluding hydrogens is 490 g/mol. The van der Waals surface area contributed by atoms with Gasteiger partial charge in [0, 0.05) is 6.04 Å². The second-order valence-electron chi connectivity index (χ2n) is 10.4. The summed E-state index contributed by atoms with van der Waals surface area (Å²) in [5.41, 5.74) is 5.82. The lowest BCUT2D eigenvalue weighted by Gasteiger charge is -2.34. The number of anilines is 1. The number of benzene rings is 3. The Morgan fingerprint density at radius 2 is 1.74 bits per heavy atom. The van der Waals surface area contributed by atoms with E-state index in [-0.39, 0.29) is 24.4 Å². The minimum atomic E-state index is -0.900. The van der Waals surface area contributed by atoms with Crippen LogP contribution in [-0.4, -0.2) is 40.0 Å². The Bertz CT molecular complexity index is 1480. The zero-order chi connectivity index (χ0) is 27.5. The summed E-state index contributed by atoms with van der Waals surface area (Å²) in [7, 11) is 1.60. The number of hydrogen-bond donors (Lipinski definition) is 1. The number of para-hydroxylation sites is 1. The molecule has 1 saturated carbocycles. The van der Waals surface area contributed by atoms with Gasteiger partial charge < -0.3 is 10.1 Å². The van der Waals surface area contributed by atoms with E-state index in [9.17, 15) is 9.59 Å². The van der Waals surface area contributed by atoms with Crippen LogP contribution in [0.2, 0.25) is 0 Å². The van der Waals surface area contributed by atoms with E-state index in [1.165, 1.54) is 0 Å². The summed E-state index contributed by atoms with van der Waals surface area (Å²) in [4.78, 5) is 30.2. The van der Waals surface area contributed by atoms with Gasteiger partial charge in [-0.1, -0.05) is 60.0 Å². The quantitative estimate of drug-likeness (QED) is 0.342. The van der Waals surface area contributed by atoms with Crippen LogP contribution in [0.5, 0.6) is 5.75 Å². The fourth-order valence-corrected chi connectivity index (χ4v) is 5.77. The number of ether oxygens (including phenoxy) is 1. The SMILES string of the molecule is COc1cccc(C(C(=O)NC2CCCC2)N(C(=O)Cn2nnc3ccccc32)c2c(C)cc(C)cc2C)c1. The van der Waals surface area contributed by atoms with Crippen LogP contribution in [0.15, 0.2) is 60.7 Å². The Morgan fingerprint density at radius 3 is 2.46 bits per heavy atom. The van der Waals surface area contributed by atoms with Gasteiger partial charge in [0.15, 0.2) is 0 Å². The van der Waals surface area contributed by atoms with E-state index >= 15 is 0 Å². The van der Waals surface area contributed by atoms with Crippen molar-refractivity contribution in [2.75, 3.05) is 12.0 Å². The second kappa shape index (κ2) is 11.3. The molecule has 2 amide bonds. The highest BCUT2D eigenvalue weighted by Crippen LogP contribution is 2.36. The molecule has 39 heavy (non-hydrogen) atoms. The van der Waals surface area contributed by atoms with Gasteiger partial charge in [0.05, 0.1) is 18.3 Å². The van der Waals surface area contributed by atoms with Crippen LogP contribution in [0.1, 0.15) is 54.0 Å². The van der Waals surface area contributed by atoms with Crippen LogP contribution >= 0.6 is 0 Å². The predicted octanol–water partition coefficient (Wildman–Crippen LogP) is 5.20. The van der Waals surface area contributed by atoms with Crippen LogP contribution in [-0.2, 0) is 16.1 Å². The summed E-state index contributed by atoms with van der Waals surface area (Å²) in [5.74, 6) is 0.166. The van der Waals surface area contributed by atoms with Crippen molar-refractivity contribution in [3.05, 3.63) is 82.9 Å². The molecule has 8 heteroatoms. The lowest BCUT2D eigenvalue weighted by molar-refractivity contribution is -0.127. The van der Waals surface area contributed by atoms with Gasteiger partial charge in [-0.25, -0.2) is 4.68 Å². The van der Waals surface area contributed by atoms with Crippen molar-refractivity contribution in [3.63, 3.8) is 0 Å². The number of methoxy groups -OCH3 is 1. The third-order valence-electron chi connectivity index (χ3n) is 7.47. The fourth-order valence-electron chi connectivity index (χ4n) is 5.77. The largest absolute Gasteiger partial charge is 0.497 e. The van der Waals surface area contributed by atoms with Crippen molar-refractivity contribution in [3.8, 4) is 5.75 Å². The van der Waals surface area contributed by atoms with E-state index in [4.69, 9.17) is 4.74 Å². The lowest BCUT2D eigenvalue weighted by atomic mass is 9.98. The van der Waals surface area contributed by atoms with Crippen LogP contribution in [0, 0.1) is 20.8 Å². The third kappa shape index (κ3) is 5.50. The van der Waals surface area contributed by atoms with Crippen LogP contribution in [0.3, 0.4) is 0 Å². The van der Waals surface area contributed by atoms with Gasteiger partial charge in [-0.05, 0) is 74.6 Å². The smallest absolute Gasteiger partial charge is 0.249 e. The van der Waals surface area contributed by atoms with Gasteiger partial charge in [-0.2, -0.15) is 0 Å². The maximum atomic E-state index is 14.4. The number of aryl methyl sites for hydroxylation is 3. The third-order valence-corrected chi connectivity index (χ3v) is 7.47. The molecule has 1 aliphatic carbocycles. The summed E-state index contributed by atoms with van der Waals surface area (Å²) in [5, 5.41) is 11.7. The fraction of sp³-hybridized carbons (Fsp3) is 0.355. The monoisotopic (exact) mass is 525 g/mol. The highest BCUT2D eigenvalue weighted by molar-refractivity contribution is 6.02. The Morgan fingerprint density at radius 1 is 1.03 bits per heavy atom. The van der Waals surface area contributed by atoms with E-state index < -0.39 is 6.04 Å². The van der Waals surface area contributed by atoms with E-state index in [2.05, 4.69) is 15.6 Å². The van der Waals surface area contributed by atoms with E-state index in [1.807, 2.05) is 81.4 Å². The van der Waals surface area contributed by atoms with E-state index in [1.54, 1.807) is 16.7 Å². The Kier molecular flexibility index (Phi) is 7.63. The predicted molar refractivity (Wildman–Crippen MR) is 152 cm³/mol. The number of carbonyl (C=O) groups is 2. The molecule has 1 aliphatic rings. The molecule has 1 N–H and O–H groups in total. The Hall–Kier alpha value is -4.20. The van der Waals surface area contributed by atoms with Crippen LogP contribution in [0.4, 0.5) is 5.69 Å². The second-order valence-corrected chi connectivity index (χ2v) is 10.4. The molecule has 0 radical (unpaired) electrons. The molecule has 5 rings (SSSR count). The molecule has 0 saturated heterocycles. The highest BCUT2D eigenvalue weighted by Gasteiger charge is 2.36. The zero-order valence-electron chi connectivity index (χ0n) is 23.0. The summed E-state index contributed by atoms with van der Waals surface area (Å²) in [6.07, 6.45) is 4.07. The standard InChI is InChI=1S/C31H35N5O3/c1-20-16-21(2)29(22(3)17-20)36(28(37)19-35-27-15-8-7-14-26(27)33-34-35)30(23-10-9-13-25(18-23)39-4)31(38)32-24-11-5-6-12-24/h7-10,13-18,24,30H,5-6,11-12,19H2,1-4H3,(H,32,38). The van der Waals surface area contributed by atoms with Crippen molar-refractivity contribution in [1.29, 1.82) is 0 Å². The molecule has 1 fully saturated rings. The molecule has 0 bridgehead atoms. The Labute approximate surface area is 229 Å². The number of fused-ring (bicyclic) bond motifs is 1.